The summed E-state index contributed by atoms with van der Waals surface area (Å²) < 4.78 is 0. The van der Waals surface area contributed by atoms with Gasteiger partial charge in [-0.05, 0) is 18.6 Å². The van der Waals surface area contributed by atoms with Gasteiger partial charge in [0.1, 0.15) is 0 Å². The van der Waals surface area contributed by atoms with E-state index in [2.05, 4.69) is 17.9 Å². The van der Waals surface area contributed by atoms with Crippen molar-refractivity contribution in [1.29, 1.82) is 0 Å². The molecule has 0 saturated carbocycles. The van der Waals surface area contributed by atoms with Crippen molar-refractivity contribution in [1.82, 2.24) is 0 Å². The van der Waals surface area contributed by atoms with E-state index in [0.29, 0.717) is 11.3 Å². The van der Waals surface area contributed by atoms with E-state index in [1.165, 1.54) is 18.2 Å². The summed E-state index contributed by atoms with van der Waals surface area (Å²) >= 11 is 3.81. The number of hydrogen-bond acceptors (Lipinski definition) is 4. The molecule has 5 nitrogen and oxygen atoms in total. The second-order valence-corrected chi connectivity index (χ2v) is 3.28. The van der Waals surface area contributed by atoms with Crippen LogP contribution in [-0.2, 0) is 4.79 Å². The van der Waals surface area contributed by atoms with Crippen molar-refractivity contribution in [3.8, 4) is 0 Å². The zero-order valence-electron chi connectivity index (χ0n) is 8.06. The molecule has 0 aliphatic carbocycles. The molecule has 0 heterocycles. The normalized spacial score (nSPS) is 9.73. The van der Waals surface area contributed by atoms with Crippen LogP contribution in [-0.4, -0.2) is 16.6 Å². The molecule has 6 heteroatoms. The molecule has 0 spiro atoms. The number of amides is 1. The lowest BCUT2D eigenvalue weighted by molar-refractivity contribution is -0.384. The van der Waals surface area contributed by atoms with Crippen LogP contribution in [0.1, 0.15) is 5.56 Å². The molecule has 1 aromatic rings. The van der Waals surface area contributed by atoms with Gasteiger partial charge in [0.15, 0.2) is 0 Å². The number of anilines is 1. The van der Waals surface area contributed by atoms with E-state index in [1.54, 1.807) is 6.92 Å². The Morgan fingerprint density at radius 2 is 2.27 bits per heavy atom. The highest BCUT2D eigenvalue weighted by atomic mass is 32.1. The predicted molar refractivity (Wildman–Crippen MR) is 60.3 cm³/mol. The van der Waals surface area contributed by atoms with Crippen LogP contribution in [0.25, 0.3) is 0 Å². The molecule has 1 N–H and O–H groups in total. The van der Waals surface area contributed by atoms with Crippen molar-refractivity contribution in [2.75, 3.05) is 11.1 Å². The maximum atomic E-state index is 11.0. The van der Waals surface area contributed by atoms with Crippen molar-refractivity contribution < 1.29 is 9.72 Å². The lowest BCUT2D eigenvalue weighted by Crippen LogP contribution is -2.13. The molecule has 0 saturated heterocycles. The number of benzene rings is 1. The van der Waals surface area contributed by atoms with Gasteiger partial charge in [0.2, 0.25) is 5.91 Å². The van der Waals surface area contributed by atoms with E-state index in [1.807, 2.05) is 0 Å². The Bertz CT molecular complexity index is 406. The number of nitro benzene ring substituents is 1. The van der Waals surface area contributed by atoms with E-state index >= 15 is 0 Å². The Morgan fingerprint density at radius 1 is 1.60 bits per heavy atom. The topological polar surface area (TPSA) is 72.2 Å². The van der Waals surface area contributed by atoms with Crippen molar-refractivity contribution in [2.24, 2.45) is 0 Å². The van der Waals surface area contributed by atoms with E-state index in [0.717, 1.165) is 0 Å². The highest BCUT2D eigenvalue weighted by Gasteiger charge is 2.09. The lowest BCUT2D eigenvalue weighted by atomic mass is 10.2. The summed E-state index contributed by atoms with van der Waals surface area (Å²) in [4.78, 5) is 21.0. The average molecular weight is 226 g/mol. The first-order valence-corrected chi connectivity index (χ1v) is 4.83. The molecule has 1 rings (SSSR count). The van der Waals surface area contributed by atoms with Crippen LogP contribution in [0.15, 0.2) is 18.2 Å². The van der Waals surface area contributed by atoms with Crippen LogP contribution < -0.4 is 5.32 Å². The fourth-order valence-corrected chi connectivity index (χ4v) is 1.17. The van der Waals surface area contributed by atoms with Gasteiger partial charge in [-0.3, -0.25) is 14.9 Å². The highest BCUT2D eigenvalue weighted by Crippen LogP contribution is 2.20. The second-order valence-electron chi connectivity index (χ2n) is 2.96. The molecule has 0 fully saturated rings. The molecule has 0 aliphatic heterocycles. The fraction of sp³-hybridized carbons (Fsp3) is 0.222. The summed E-state index contributed by atoms with van der Waals surface area (Å²) in [5, 5.41) is 13.0. The van der Waals surface area contributed by atoms with Crippen LogP contribution in [0.3, 0.4) is 0 Å². The molecule has 0 unspecified atom stereocenters. The average Bonchev–Trinajstić information content (AvgIpc) is 2.20. The van der Waals surface area contributed by atoms with Gasteiger partial charge in [-0.25, -0.2) is 0 Å². The van der Waals surface area contributed by atoms with Crippen LogP contribution in [0.2, 0.25) is 0 Å². The first kappa shape index (κ1) is 11.5. The van der Waals surface area contributed by atoms with E-state index < -0.39 is 4.92 Å². The molecule has 80 valence electrons. The Balaban J connectivity index is 2.93. The summed E-state index contributed by atoms with van der Waals surface area (Å²) in [5.74, 6) is -0.161. The molecule has 0 atom stereocenters. The number of nitrogens with one attached hydrogen (secondary N) is 1. The molecule has 15 heavy (non-hydrogen) atoms. The molecule has 0 bridgehead atoms. The Labute approximate surface area is 92.0 Å². The summed E-state index contributed by atoms with van der Waals surface area (Å²) in [6.07, 6.45) is 0. The third kappa shape index (κ3) is 2.95. The number of hydrogen-bond donors (Lipinski definition) is 2. The quantitative estimate of drug-likeness (QED) is 0.468. The number of nitro groups is 1. The van der Waals surface area contributed by atoms with Gasteiger partial charge in [-0.15, -0.1) is 0 Å². The zero-order valence-corrected chi connectivity index (χ0v) is 8.95. The summed E-state index contributed by atoms with van der Waals surface area (Å²) in [5.41, 5.74) is 1.23. The monoisotopic (exact) mass is 226 g/mol. The molecular formula is C9H10N2O3S. The minimum Gasteiger partial charge on any atom is -0.325 e. The number of non-ortho nitro benzene ring substituents is 1. The SMILES string of the molecule is Cc1cc([N+](=O)[O-])ccc1NC(=O)CS. The Kier molecular flexibility index (Phi) is 3.68. The molecule has 1 amide bonds. The smallest absolute Gasteiger partial charge is 0.269 e. The summed E-state index contributed by atoms with van der Waals surface area (Å²) in [6, 6.07) is 4.27. The van der Waals surface area contributed by atoms with Gasteiger partial charge in [-0.2, -0.15) is 12.6 Å². The summed E-state index contributed by atoms with van der Waals surface area (Å²) in [7, 11) is 0. The number of aryl methyl sites for hydroxylation is 1. The predicted octanol–water partition coefficient (Wildman–Crippen LogP) is 1.77. The maximum Gasteiger partial charge on any atom is 0.269 e. The number of carbonyl (C=O) groups excluding carboxylic acids is 1. The number of nitrogens with zero attached hydrogens (tertiary/aromatic N) is 1. The minimum atomic E-state index is -0.475. The molecular weight excluding hydrogens is 216 g/mol. The van der Waals surface area contributed by atoms with Crippen molar-refractivity contribution >= 4 is 29.9 Å². The van der Waals surface area contributed by atoms with Crippen LogP contribution in [0, 0.1) is 17.0 Å². The Morgan fingerprint density at radius 3 is 2.73 bits per heavy atom. The molecule has 0 aromatic heterocycles. The number of rotatable bonds is 3. The van der Waals surface area contributed by atoms with Crippen LogP contribution in [0.5, 0.6) is 0 Å². The first-order chi connectivity index (χ1) is 7.04. The molecule has 0 radical (unpaired) electrons. The van der Waals surface area contributed by atoms with Crippen LogP contribution >= 0.6 is 12.6 Å². The Hall–Kier alpha value is -1.56. The number of thiol groups is 1. The molecule has 1 aromatic carbocycles. The fourth-order valence-electron chi connectivity index (χ4n) is 1.09. The van der Waals surface area contributed by atoms with E-state index in [-0.39, 0.29) is 17.3 Å². The lowest BCUT2D eigenvalue weighted by Gasteiger charge is -2.06. The third-order valence-electron chi connectivity index (χ3n) is 1.84. The second kappa shape index (κ2) is 4.79. The first-order valence-electron chi connectivity index (χ1n) is 4.20. The van der Waals surface area contributed by atoms with Gasteiger partial charge in [0.25, 0.3) is 5.69 Å². The number of carbonyl (C=O) groups is 1. The third-order valence-corrected chi connectivity index (χ3v) is 2.13. The van der Waals surface area contributed by atoms with Crippen molar-refractivity contribution in [3.05, 3.63) is 33.9 Å². The highest BCUT2D eigenvalue weighted by molar-refractivity contribution is 7.81. The standard InChI is InChI=1S/C9H10N2O3S/c1-6-4-7(11(13)14)2-3-8(6)10-9(12)5-15/h2-4,15H,5H2,1H3,(H,10,12). The van der Waals surface area contributed by atoms with Gasteiger partial charge >= 0.3 is 0 Å². The van der Waals surface area contributed by atoms with E-state index in [9.17, 15) is 14.9 Å². The summed E-state index contributed by atoms with van der Waals surface area (Å²) in [6.45, 7) is 1.70. The maximum absolute atomic E-state index is 11.0. The molecule has 0 aliphatic rings. The van der Waals surface area contributed by atoms with Gasteiger partial charge in [0.05, 0.1) is 10.7 Å². The van der Waals surface area contributed by atoms with Crippen molar-refractivity contribution in [3.63, 3.8) is 0 Å². The largest absolute Gasteiger partial charge is 0.325 e. The minimum absolute atomic E-state index is 0.0105. The van der Waals surface area contributed by atoms with E-state index in [4.69, 9.17) is 0 Å². The van der Waals surface area contributed by atoms with Crippen molar-refractivity contribution in [2.45, 2.75) is 6.92 Å². The van der Waals surface area contributed by atoms with Crippen LogP contribution in [0.4, 0.5) is 11.4 Å². The van der Waals surface area contributed by atoms with Gasteiger partial charge < -0.3 is 5.32 Å². The van der Waals surface area contributed by atoms with Gasteiger partial charge in [0, 0.05) is 17.8 Å². The van der Waals surface area contributed by atoms with Gasteiger partial charge in [-0.1, -0.05) is 0 Å². The zero-order chi connectivity index (χ0) is 11.4.